The Kier molecular flexibility index (Phi) is 1.98. The van der Waals surface area contributed by atoms with Crippen LogP contribution in [0.25, 0.3) is 0 Å². The van der Waals surface area contributed by atoms with Gasteiger partial charge < -0.3 is 0 Å². The molecule has 0 aromatic rings. The lowest BCUT2D eigenvalue weighted by Crippen LogP contribution is -2.10. The third kappa shape index (κ3) is 1.73. The Labute approximate surface area is 63.6 Å². The van der Waals surface area contributed by atoms with Gasteiger partial charge in [-0.15, -0.1) is 0 Å². The summed E-state index contributed by atoms with van der Waals surface area (Å²) in [5, 5.41) is 0. The Hall–Kier alpha value is -0.520. The van der Waals surface area contributed by atoms with Crippen molar-refractivity contribution in [3.8, 4) is 0 Å². The highest BCUT2D eigenvalue weighted by Gasteiger charge is 2.17. The zero-order chi connectivity index (χ0) is 7.61. The number of hydrogen-bond acceptors (Lipinski definition) is 0. The third-order valence-corrected chi connectivity index (χ3v) is 2.18. The average molecular weight is 136 g/mol. The van der Waals surface area contributed by atoms with Crippen LogP contribution < -0.4 is 0 Å². The summed E-state index contributed by atoms with van der Waals surface area (Å²) >= 11 is 0. The maximum atomic E-state index is 2.31. The van der Waals surface area contributed by atoms with E-state index in [9.17, 15) is 0 Å². The molecule has 0 aromatic heterocycles. The first-order valence-corrected chi connectivity index (χ1v) is 3.98. The van der Waals surface area contributed by atoms with Gasteiger partial charge in [0.25, 0.3) is 0 Å². The monoisotopic (exact) mass is 136 g/mol. The Bertz CT molecular complexity index is 170. The predicted molar refractivity (Wildman–Crippen MR) is 45.9 cm³/mol. The van der Waals surface area contributed by atoms with Crippen LogP contribution in [0.1, 0.15) is 33.6 Å². The highest BCUT2D eigenvalue weighted by Crippen LogP contribution is 2.31. The van der Waals surface area contributed by atoms with Gasteiger partial charge in [-0.2, -0.15) is 0 Å². The molecule has 56 valence electrons. The first kappa shape index (κ1) is 7.59. The van der Waals surface area contributed by atoms with Crippen molar-refractivity contribution in [3.63, 3.8) is 0 Å². The lowest BCUT2D eigenvalue weighted by molar-refractivity contribution is 0.428. The smallest absolute Gasteiger partial charge is 0.0168 e. The van der Waals surface area contributed by atoms with Gasteiger partial charge in [-0.25, -0.2) is 0 Å². The summed E-state index contributed by atoms with van der Waals surface area (Å²) in [6.45, 7) is 6.68. The fourth-order valence-corrected chi connectivity index (χ4v) is 1.21. The van der Waals surface area contributed by atoms with Gasteiger partial charge in [0.15, 0.2) is 0 Å². The van der Waals surface area contributed by atoms with Crippen molar-refractivity contribution in [2.45, 2.75) is 33.6 Å². The fourth-order valence-electron chi connectivity index (χ4n) is 1.21. The number of rotatable bonds is 0. The van der Waals surface area contributed by atoms with Crippen molar-refractivity contribution in [2.75, 3.05) is 0 Å². The van der Waals surface area contributed by atoms with Crippen molar-refractivity contribution < 1.29 is 0 Å². The SMILES string of the molecule is C/C=C1/C=CC(C)(C)CC1. The topological polar surface area (TPSA) is 0 Å². The molecular formula is C10H16. The molecule has 0 radical (unpaired) electrons. The second-order valence-electron chi connectivity index (χ2n) is 3.69. The van der Waals surface area contributed by atoms with E-state index in [1.807, 2.05) is 0 Å². The van der Waals surface area contributed by atoms with E-state index in [0.29, 0.717) is 5.41 Å². The van der Waals surface area contributed by atoms with Crippen LogP contribution >= 0.6 is 0 Å². The lowest BCUT2D eigenvalue weighted by atomic mass is 9.81. The first-order chi connectivity index (χ1) is 4.64. The van der Waals surface area contributed by atoms with Gasteiger partial charge in [0.1, 0.15) is 0 Å². The Morgan fingerprint density at radius 3 is 2.60 bits per heavy atom. The predicted octanol–water partition coefficient (Wildman–Crippen LogP) is 3.31. The van der Waals surface area contributed by atoms with E-state index < -0.39 is 0 Å². The Balaban J connectivity index is 2.70. The second kappa shape index (κ2) is 2.61. The lowest BCUT2D eigenvalue weighted by Gasteiger charge is -2.24. The van der Waals surface area contributed by atoms with E-state index in [1.54, 1.807) is 0 Å². The van der Waals surface area contributed by atoms with Crippen molar-refractivity contribution in [1.82, 2.24) is 0 Å². The molecule has 0 aliphatic heterocycles. The molecule has 0 unspecified atom stereocenters. The molecule has 1 aliphatic rings. The number of allylic oxidation sites excluding steroid dienone is 4. The highest BCUT2D eigenvalue weighted by molar-refractivity contribution is 5.23. The summed E-state index contributed by atoms with van der Waals surface area (Å²) in [6.07, 6.45) is 9.31. The van der Waals surface area contributed by atoms with Crippen molar-refractivity contribution in [3.05, 3.63) is 23.8 Å². The van der Waals surface area contributed by atoms with Gasteiger partial charge in [-0.3, -0.25) is 0 Å². The Morgan fingerprint density at radius 2 is 2.20 bits per heavy atom. The largest absolute Gasteiger partial charge is 0.0845 e. The first-order valence-electron chi connectivity index (χ1n) is 3.98. The van der Waals surface area contributed by atoms with E-state index in [4.69, 9.17) is 0 Å². The molecule has 10 heavy (non-hydrogen) atoms. The van der Waals surface area contributed by atoms with Crippen LogP contribution in [0.15, 0.2) is 23.8 Å². The van der Waals surface area contributed by atoms with Crippen LogP contribution in [-0.4, -0.2) is 0 Å². The molecule has 1 aliphatic carbocycles. The number of hydrogen-bond donors (Lipinski definition) is 0. The van der Waals surface area contributed by atoms with Crippen molar-refractivity contribution in [1.29, 1.82) is 0 Å². The summed E-state index contributed by atoms with van der Waals surface area (Å²) in [6, 6.07) is 0. The van der Waals surface area contributed by atoms with E-state index in [-0.39, 0.29) is 0 Å². The molecule has 0 heteroatoms. The quantitative estimate of drug-likeness (QED) is 0.479. The van der Waals surface area contributed by atoms with Crippen molar-refractivity contribution >= 4 is 0 Å². The maximum absolute atomic E-state index is 2.31. The molecule has 0 bridgehead atoms. The summed E-state index contributed by atoms with van der Waals surface area (Å²) in [4.78, 5) is 0. The average Bonchev–Trinajstić information content (AvgIpc) is 1.88. The normalized spacial score (nSPS) is 27.3. The molecule has 0 saturated heterocycles. The van der Waals surface area contributed by atoms with Crippen LogP contribution in [-0.2, 0) is 0 Å². The van der Waals surface area contributed by atoms with Crippen molar-refractivity contribution in [2.24, 2.45) is 5.41 Å². The molecule has 0 saturated carbocycles. The summed E-state index contributed by atoms with van der Waals surface area (Å²) < 4.78 is 0. The molecule has 0 atom stereocenters. The zero-order valence-corrected chi connectivity index (χ0v) is 7.15. The minimum absolute atomic E-state index is 0.437. The molecule has 0 N–H and O–H groups in total. The fraction of sp³-hybridized carbons (Fsp3) is 0.600. The minimum atomic E-state index is 0.437. The van der Waals surface area contributed by atoms with Gasteiger partial charge in [-0.1, -0.05) is 37.6 Å². The summed E-state index contributed by atoms with van der Waals surface area (Å²) in [5.41, 5.74) is 1.92. The van der Waals surface area contributed by atoms with Crippen LogP contribution in [0.5, 0.6) is 0 Å². The molecule has 0 fully saturated rings. The minimum Gasteiger partial charge on any atom is -0.0845 e. The van der Waals surface area contributed by atoms with E-state index in [0.717, 1.165) is 0 Å². The summed E-state index contributed by atoms with van der Waals surface area (Å²) in [5.74, 6) is 0. The third-order valence-electron chi connectivity index (χ3n) is 2.18. The maximum Gasteiger partial charge on any atom is -0.0168 e. The van der Waals surface area contributed by atoms with Gasteiger partial charge >= 0.3 is 0 Å². The Morgan fingerprint density at radius 1 is 1.50 bits per heavy atom. The molecule has 0 nitrogen and oxygen atoms in total. The van der Waals surface area contributed by atoms with E-state index in [2.05, 4.69) is 39.0 Å². The molecular weight excluding hydrogens is 120 g/mol. The van der Waals surface area contributed by atoms with E-state index >= 15 is 0 Å². The zero-order valence-electron chi connectivity index (χ0n) is 7.15. The van der Waals surface area contributed by atoms with Gasteiger partial charge in [0.2, 0.25) is 0 Å². The summed E-state index contributed by atoms with van der Waals surface area (Å²) in [7, 11) is 0. The standard InChI is InChI=1S/C10H16/c1-4-9-5-7-10(2,3)8-6-9/h4-5,7H,6,8H2,1-3H3/b9-4-. The van der Waals surface area contributed by atoms with Crippen LogP contribution in [0.3, 0.4) is 0 Å². The van der Waals surface area contributed by atoms with Crippen LogP contribution in [0, 0.1) is 5.41 Å². The van der Waals surface area contributed by atoms with Gasteiger partial charge in [0.05, 0.1) is 0 Å². The molecule has 0 aromatic carbocycles. The molecule has 0 amide bonds. The second-order valence-corrected chi connectivity index (χ2v) is 3.69. The molecule has 0 heterocycles. The van der Waals surface area contributed by atoms with Gasteiger partial charge in [-0.05, 0) is 25.2 Å². The van der Waals surface area contributed by atoms with Crippen LogP contribution in [0.2, 0.25) is 0 Å². The highest BCUT2D eigenvalue weighted by atomic mass is 14.2. The van der Waals surface area contributed by atoms with Crippen LogP contribution in [0.4, 0.5) is 0 Å². The van der Waals surface area contributed by atoms with Gasteiger partial charge in [0, 0.05) is 0 Å². The molecule has 1 rings (SSSR count). The van der Waals surface area contributed by atoms with E-state index in [1.165, 1.54) is 18.4 Å². The molecule has 0 spiro atoms.